The number of carbonyl (C=O) groups is 3. The first-order chi connectivity index (χ1) is 19.9. The van der Waals surface area contributed by atoms with Crippen molar-refractivity contribution in [3.05, 3.63) is 47.3 Å². The van der Waals surface area contributed by atoms with Gasteiger partial charge in [-0.3, -0.25) is 19.2 Å². The lowest BCUT2D eigenvalue weighted by molar-refractivity contribution is -0.105. The number of anilines is 1. The summed E-state index contributed by atoms with van der Waals surface area (Å²) in [5.41, 5.74) is 3.04. The number of alkyl halides is 2. The van der Waals surface area contributed by atoms with Crippen LogP contribution in [0.1, 0.15) is 88.1 Å². The third-order valence-electron chi connectivity index (χ3n) is 7.83. The molecule has 2 aromatic rings. The van der Waals surface area contributed by atoms with Gasteiger partial charge in [0.1, 0.15) is 5.69 Å². The fraction of sp³-hybridized carbons (Fsp3) is 0.600. The Morgan fingerprint density at radius 2 is 1.93 bits per heavy atom. The number of fused-ring (bicyclic) bond motifs is 1. The van der Waals surface area contributed by atoms with E-state index in [9.17, 15) is 23.2 Å². The number of aromatic nitrogens is 2. The molecule has 0 bridgehead atoms. The van der Waals surface area contributed by atoms with E-state index in [1.807, 2.05) is 19.9 Å². The molecular weight excluding hydrogens is 544 g/mol. The molecule has 0 spiro atoms. The average Bonchev–Trinajstić information content (AvgIpc) is 3.58. The first-order valence-electron chi connectivity index (χ1n) is 14.7. The standard InChI is InChI=1S/C16H20F2N4O2.C14H25N3O/c1-16(17,18)9-21-7-11-6-12(20-10-23)2-3-13(11)14(8-21)22-5-4-19-15(22)24;1-6-12(7-2)11(5)16-14(18)13-8-9-15-17(13)10(3)4/h2-3,6,10,14H,4-5,7-9H2,1H3,(H,19,24)(H,20,23);8-12H,6-7H2,1-5H3,(H,16,18). The van der Waals surface area contributed by atoms with Gasteiger partial charge < -0.3 is 20.9 Å². The summed E-state index contributed by atoms with van der Waals surface area (Å²) in [6, 6.07) is 7.12. The Balaban J connectivity index is 0.000000241. The van der Waals surface area contributed by atoms with Gasteiger partial charge in [-0.15, -0.1) is 0 Å². The van der Waals surface area contributed by atoms with Crippen LogP contribution < -0.4 is 16.0 Å². The molecule has 2 unspecified atom stereocenters. The van der Waals surface area contributed by atoms with Gasteiger partial charge in [0, 0.05) is 57.1 Å². The fourth-order valence-corrected chi connectivity index (χ4v) is 5.74. The van der Waals surface area contributed by atoms with E-state index >= 15 is 0 Å². The SMILES string of the molecule is CC(F)(F)CN1Cc2cc(NC=O)ccc2C(N2CCNC2=O)C1.CCC(CC)C(C)NC(=O)c1ccnn1C(C)C. The normalized spacial score (nSPS) is 17.8. The van der Waals surface area contributed by atoms with Crippen LogP contribution in [-0.2, 0) is 11.3 Å². The Bertz CT molecular complexity index is 1210. The predicted octanol–water partition coefficient (Wildman–Crippen LogP) is 4.81. The van der Waals surface area contributed by atoms with Gasteiger partial charge in [-0.1, -0.05) is 32.8 Å². The van der Waals surface area contributed by atoms with Gasteiger partial charge in [-0.25, -0.2) is 13.6 Å². The maximum atomic E-state index is 13.5. The highest BCUT2D eigenvalue weighted by molar-refractivity contribution is 5.92. The van der Waals surface area contributed by atoms with Crippen LogP contribution in [0.4, 0.5) is 19.3 Å². The number of rotatable bonds is 11. The summed E-state index contributed by atoms with van der Waals surface area (Å²) in [4.78, 5) is 38.2. The van der Waals surface area contributed by atoms with Crippen LogP contribution in [0.15, 0.2) is 30.5 Å². The van der Waals surface area contributed by atoms with E-state index in [2.05, 4.69) is 41.8 Å². The lowest BCUT2D eigenvalue weighted by Gasteiger charge is -2.39. The van der Waals surface area contributed by atoms with Crippen LogP contribution in [0, 0.1) is 5.92 Å². The maximum absolute atomic E-state index is 13.5. The van der Waals surface area contributed by atoms with Gasteiger partial charge in [0.15, 0.2) is 0 Å². The van der Waals surface area contributed by atoms with E-state index in [0.29, 0.717) is 49.9 Å². The number of halogens is 2. The minimum Gasteiger partial charge on any atom is -0.348 e. The lowest BCUT2D eigenvalue weighted by Crippen LogP contribution is -2.46. The molecule has 0 aliphatic carbocycles. The minimum absolute atomic E-state index is 0.0272. The molecule has 2 aliphatic rings. The minimum atomic E-state index is -2.81. The molecular formula is C30H45F2N7O3. The number of nitrogens with zero attached hydrogens (tertiary/aromatic N) is 4. The molecule has 4 rings (SSSR count). The van der Waals surface area contributed by atoms with Crippen molar-refractivity contribution in [3.63, 3.8) is 0 Å². The molecule has 3 N–H and O–H groups in total. The number of hydrogen-bond donors (Lipinski definition) is 3. The summed E-state index contributed by atoms with van der Waals surface area (Å²) in [7, 11) is 0. The van der Waals surface area contributed by atoms with E-state index in [1.54, 1.807) is 38.9 Å². The summed E-state index contributed by atoms with van der Waals surface area (Å²) in [6.07, 6.45) is 4.42. The molecule has 10 nitrogen and oxygen atoms in total. The first kappa shape index (κ1) is 33.0. The number of hydrogen-bond acceptors (Lipinski definition) is 5. The Morgan fingerprint density at radius 1 is 1.21 bits per heavy atom. The second-order valence-electron chi connectivity index (χ2n) is 11.5. The van der Waals surface area contributed by atoms with Crippen molar-refractivity contribution in [1.29, 1.82) is 0 Å². The quantitative estimate of drug-likeness (QED) is 0.326. The van der Waals surface area contributed by atoms with Gasteiger partial charge in [0.05, 0.1) is 12.6 Å². The third-order valence-corrected chi connectivity index (χ3v) is 7.83. The van der Waals surface area contributed by atoms with Gasteiger partial charge in [0.2, 0.25) is 6.41 Å². The predicted molar refractivity (Wildman–Crippen MR) is 158 cm³/mol. The topological polar surface area (TPSA) is 112 Å². The second kappa shape index (κ2) is 14.6. The van der Waals surface area contributed by atoms with Crippen LogP contribution in [0.2, 0.25) is 0 Å². The molecule has 4 amide bonds. The smallest absolute Gasteiger partial charge is 0.318 e. The molecule has 2 atom stereocenters. The highest BCUT2D eigenvalue weighted by atomic mass is 19.3. The zero-order chi connectivity index (χ0) is 31.0. The summed E-state index contributed by atoms with van der Waals surface area (Å²) >= 11 is 0. The molecule has 0 radical (unpaired) electrons. The monoisotopic (exact) mass is 589 g/mol. The molecule has 2 aliphatic heterocycles. The van der Waals surface area contributed by atoms with Crippen LogP contribution in [0.3, 0.4) is 0 Å². The Morgan fingerprint density at radius 3 is 2.50 bits per heavy atom. The zero-order valence-electron chi connectivity index (χ0n) is 25.5. The first-order valence-corrected chi connectivity index (χ1v) is 14.7. The van der Waals surface area contributed by atoms with Crippen molar-refractivity contribution in [2.45, 2.75) is 85.0 Å². The Labute approximate surface area is 247 Å². The van der Waals surface area contributed by atoms with Crippen LogP contribution in [0.25, 0.3) is 0 Å². The second-order valence-corrected chi connectivity index (χ2v) is 11.5. The van der Waals surface area contributed by atoms with Crippen LogP contribution in [-0.4, -0.2) is 76.1 Å². The van der Waals surface area contributed by atoms with Crippen LogP contribution >= 0.6 is 0 Å². The maximum Gasteiger partial charge on any atom is 0.318 e. The summed E-state index contributed by atoms with van der Waals surface area (Å²) in [5.74, 6) is -2.31. The highest BCUT2D eigenvalue weighted by Crippen LogP contribution is 2.34. The summed E-state index contributed by atoms with van der Waals surface area (Å²) < 4.78 is 28.7. The van der Waals surface area contributed by atoms with Crippen molar-refractivity contribution in [1.82, 2.24) is 30.2 Å². The molecule has 1 fully saturated rings. The third kappa shape index (κ3) is 8.50. The molecule has 12 heteroatoms. The Hall–Kier alpha value is -3.54. The largest absolute Gasteiger partial charge is 0.348 e. The number of carbonyl (C=O) groups excluding carboxylic acids is 3. The Kier molecular flexibility index (Phi) is 11.4. The number of urea groups is 1. The van der Waals surface area contributed by atoms with Crippen molar-refractivity contribution < 1.29 is 23.2 Å². The summed E-state index contributed by atoms with van der Waals surface area (Å²) in [6.45, 7) is 12.8. The highest BCUT2D eigenvalue weighted by Gasteiger charge is 2.37. The summed E-state index contributed by atoms with van der Waals surface area (Å²) in [5, 5.41) is 12.6. The molecule has 1 aromatic carbocycles. The molecule has 232 valence electrons. The number of amides is 4. The molecule has 0 saturated carbocycles. The average molecular weight is 590 g/mol. The molecule has 1 saturated heterocycles. The lowest BCUT2D eigenvalue weighted by atomic mass is 9.93. The zero-order valence-corrected chi connectivity index (χ0v) is 25.5. The van der Waals surface area contributed by atoms with Crippen molar-refractivity contribution in [3.8, 4) is 0 Å². The molecule has 3 heterocycles. The molecule has 42 heavy (non-hydrogen) atoms. The number of nitrogens with one attached hydrogen (secondary N) is 3. The fourth-order valence-electron chi connectivity index (χ4n) is 5.74. The van der Waals surface area contributed by atoms with Crippen molar-refractivity contribution in [2.24, 2.45) is 5.92 Å². The van der Waals surface area contributed by atoms with Crippen LogP contribution in [0.5, 0.6) is 0 Å². The van der Waals surface area contributed by atoms with Gasteiger partial charge in [-0.05, 0) is 56.0 Å². The van der Waals surface area contributed by atoms with Crippen molar-refractivity contribution in [2.75, 3.05) is 31.5 Å². The van der Waals surface area contributed by atoms with Crippen molar-refractivity contribution >= 4 is 24.0 Å². The van der Waals surface area contributed by atoms with Gasteiger partial charge >= 0.3 is 6.03 Å². The number of benzene rings is 1. The van der Waals surface area contributed by atoms with E-state index in [-0.39, 0.29) is 36.6 Å². The van der Waals surface area contributed by atoms with E-state index in [1.165, 1.54) is 0 Å². The van der Waals surface area contributed by atoms with E-state index in [4.69, 9.17) is 0 Å². The van der Waals surface area contributed by atoms with E-state index < -0.39 is 5.92 Å². The van der Waals surface area contributed by atoms with Gasteiger partial charge in [0.25, 0.3) is 11.8 Å². The van der Waals surface area contributed by atoms with E-state index in [0.717, 1.165) is 30.9 Å². The molecule has 1 aromatic heterocycles. The van der Waals surface area contributed by atoms with Gasteiger partial charge in [-0.2, -0.15) is 5.10 Å².